The zero-order valence-corrected chi connectivity index (χ0v) is 7.43. The Labute approximate surface area is 65.7 Å². The summed E-state index contributed by atoms with van der Waals surface area (Å²) in [5.41, 5.74) is 8.03. The molecule has 0 aromatic carbocycles. The van der Waals surface area contributed by atoms with Crippen molar-refractivity contribution in [2.24, 2.45) is 4.52 Å². The van der Waals surface area contributed by atoms with Crippen LogP contribution in [0.3, 0.4) is 0 Å². The van der Waals surface area contributed by atoms with Gasteiger partial charge in [-0.15, -0.1) is 0 Å². The minimum atomic E-state index is 0.695. The minimum Gasteiger partial charge on any atom is -0.260 e. The van der Waals surface area contributed by atoms with Gasteiger partial charge in [-0.25, -0.2) is 0 Å². The van der Waals surface area contributed by atoms with Crippen molar-refractivity contribution in [3.63, 3.8) is 0 Å². The molecule has 0 aliphatic rings. The van der Waals surface area contributed by atoms with Gasteiger partial charge in [-0.2, -0.15) is 0 Å². The van der Waals surface area contributed by atoms with Crippen LogP contribution in [0.5, 0.6) is 0 Å². The summed E-state index contributed by atoms with van der Waals surface area (Å²) in [6, 6.07) is 0. The SMILES string of the molecule is CCC[N+](C)(C)SN=[N+]=[N-]. The Kier molecular flexibility index (Phi) is 4.27. The van der Waals surface area contributed by atoms with Crippen molar-refractivity contribution in [2.45, 2.75) is 13.3 Å². The third kappa shape index (κ3) is 4.49. The lowest BCUT2D eigenvalue weighted by Crippen LogP contribution is -2.31. The van der Waals surface area contributed by atoms with Crippen LogP contribution in [0.15, 0.2) is 4.52 Å². The van der Waals surface area contributed by atoms with Gasteiger partial charge in [-0.1, -0.05) is 6.92 Å². The van der Waals surface area contributed by atoms with Crippen LogP contribution in [0, 0.1) is 0 Å². The quantitative estimate of drug-likeness (QED) is 0.205. The summed E-state index contributed by atoms with van der Waals surface area (Å²) in [4.78, 5) is 2.68. The smallest absolute Gasteiger partial charge is 0.176 e. The Hall–Kier alpha value is -0.380. The fraction of sp³-hybridized carbons (Fsp3) is 1.00. The Morgan fingerprint density at radius 1 is 1.60 bits per heavy atom. The maximum Gasteiger partial charge on any atom is 0.176 e. The van der Waals surface area contributed by atoms with Crippen LogP contribution in [0.4, 0.5) is 0 Å². The molecule has 0 saturated heterocycles. The number of rotatable bonds is 4. The van der Waals surface area contributed by atoms with Gasteiger partial charge in [0, 0.05) is 9.43 Å². The number of hydrogen-bond acceptors (Lipinski definition) is 2. The summed E-state index contributed by atoms with van der Waals surface area (Å²) in [5.74, 6) is 0. The van der Waals surface area contributed by atoms with E-state index in [4.69, 9.17) is 5.53 Å². The predicted octanol–water partition coefficient (Wildman–Crippen LogP) is 2.35. The fourth-order valence-corrected chi connectivity index (χ4v) is 1.19. The highest BCUT2D eigenvalue weighted by atomic mass is 32.2. The van der Waals surface area contributed by atoms with Crippen molar-refractivity contribution in [3.05, 3.63) is 10.4 Å². The Morgan fingerprint density at radius 2 is 2.20 bits per heavy atom. The third-order valence-corrected chi connectivity index (χ3v) is 1.83. The normalized spacial score (nSPS) is 10.7. The second-order valence-electron chi connectivity index (χ2n) is 2.55. The third-order valence-electron chi connectivity index (χ3n) is 1.06. The molecule has 0 radical (unpaired) electrons. The molecule has 58 valence electrons. The average Bonchev–Trinajstić information content (AvgIpc) is 1.84. The molecule has 0 amide bonds. The molecule has 0 atom stereocenters. The second kappa shape index (κ2) is 4.44. The molecule has 0 heterocycles. The van der Waals surface area contributed by atoms with Crippen molar-refractivity contribution in [2.75, 3.05) is 20.6 Å². The Balaban J connectivity index is 3.73. The average molecular weight is 161 g/mol. The molecule has 0 aliphatic carbocycles. The Morgan fingerprint density at radius 3 is 2.60 bits per heavy atom. The maximum absolute atomic E-state index is 8.03. The largest absolute Gasteiger partial charge is 0.260 e. The van der Waals surface area contributed by atoms with Gasteiger partial charge in [-0.05, 0) is 12.0 Å². The zero-order chi connectivity index (χ0) is 8.04. The second-order valence-corrected chi connectivity index (χ2v) is 3.87. The van der Waals surface area contributed by atoms with Crippen LogP contribution >= 0.6 is 12.1 Å². The van der Waals surface area contributed by atoms with Crippen molar-refractivity contribution in [1.82, 2.24) is 0 Å². The summed E-state index contributed by atoms with van der Waals surface area (Å²) < 4.78 is 4.13. The maximum atomic E-state index is 8.03. The lowest BCUT2D eigenvalue weighted by molar-refractivity contribution is -0.750. The molecule has 0 N–H and O–H groups in total. The molecule has 5 heteroatoms. The first kappa shape index (κ1) is 9.62. The highest BCUT2D eigenvalue weighted by Gasteiger charge is 2.13. The monoisotopic (exact) mass is 161 g/mol. The molecule has 0 spiro atoms. The summed E-state index contributed by atoms with van der Waals surface area (Å²) in [6.45, 7) is 3.13. The van der Waals surface area contributed by atoms with Gasteiger partial charge in [0.15, 0.2) is 12.1 Å². The van der Waals surface area contributed by atoms with Crippen LogP contribution in [0.1, 0.15) is 13.3 Å². The number of quaternary nitrogens is 1. The molecule has 0 aromatic heterocycles. The summed E-state index contributed by atoms with van der Waals surface area (Å²) in [6.07, 6.45) is 1.10. The number of azide groups is 1. The molecule has 0 rings (SSSR count). The first-order chi connectivity index (χ1) is 4.62. The molecule has 0 unspecified atom stereocenters. The fourth-order valence-electron chi connectivity index (χ4n) is 0.695. The van der Waals surface area contributed by atoms with Crippen LogP contribution in [-0.2, 0) is 0 Å². The predicted molar refractivity (Wildman–Crippen MR) is 44.0 cm³/mol. The van der Waals surface area contributed by atoms with Crippen molar-refractivity contribution < 1.29 is 3.89 Å². The summed E-state index contributed by atoms with van der Waals surface area (Å²) in [7, 11) is 4.03. The lowest BCUT2D eigenvalue weighted by Gasteiger charge is -2.22. The van der Waals surface area contributed by atoms with Crippen molar-refractivity contribution >= 4 is 12.1 Å². The highest BCUT2D eigenvalue weighted by Crippen LogP contribution is 2.17. The van der Waals surface area contributed by atoms with E-state index in [-0.39, 0.29) is 0 Å². The van der Waals surface area contributed by atoms with Gasteiger partial charge in [0.05, 0.1) is 20.6 Å². The van der Waals surface area contributed by atoms with Crippen LogP contribution in [0.2, 0.25) is 0 Å². The van der Waals surface area contributed by atoms with Gasteiger partial charge >= 0.3 is 0 Å². The van der Waals surface area contributed by atoms with Gasteiger partial charge < -0.3 is 0 Å². The molecular weight excluding hydrogens is 148 g/mol. The summed E-state index contributed by atoms with van der Waals surface area (Å²) in [5, 5.41) is 0. The van der Waals surface area contributed by atoms with E-state index in [1.54, 1.807) is 0 Å². The van der Waals surface area contributed by atoms with Crippen LogP contribution < -0.4 is 0 Å². The Bertz CT molecular complexity index is 139. The summed E-state index contributed by atoms with van der Waals surface area (Å²) >= 11 is 1.25. The van der Waals surface area contributed by atoms with E-state index < -0.39 is 0 Å². The van der Waals surface area contributed by atoms with E-state index in [1.165, 1.54) is 12.1 Å². The molecular formula is C5H13N4S+. The van der Waals surface area contributed by atoms with E-state index in [1.807, 2.05) is 14.1 Å². The first-order valence-corrected chi connectivity index (χ1v) is 3.91. The van der Waals surface area contributed by atoms with E-state index in [9.17, 15) is 0 Å². The van der Waals surface area contributed by atoms with Gasteiger partial charge in [-0.3, -0.25) is 3.89 Å². The van der Waals surface area contributed by atoms with Gasteiger partial charge in [0.1, 0.15) is 0 Å². The van der Waals surface area contributed by atoms with Crippen molar-refractivity contribution in [1.29, 1.82) is 0 Å². The molecule has 4 nitrogen and oxygen atoms in total. The van der Waals surface area contributed by atoms with Gasteiger partial charge in [0.2, 0.25) is 0 Å². The van der Waals surface area contributed by atoms with Crippen LogP contribution in [0.25, 0.3) is 10.4 Å². The molecule has 10 heavy (non-hydrogen) atoms. The number of hydrogen-bond donors (Lipinski definition) is 0. The van der Waals surface area contributed by atoms with E-state index in [2.05, 4.69) is 16.4 Å². The topological polar surface area (TPSA) is 48.8 Å². The molecule has 0 aromatic rings. The molecule has 0 bridgehead atoms. The number of nitrogens with zero attached hydrogens (tertiary/aromatic N) is 4. The first-order valence-electron chi connectivity index (χ1n) is 3.18. The van der Waals surface area contributed by atoms with E-state index >= 15 is 0 Å². The van der Waals surface area contributed by atoms with Crippen molar-refractivity contribution in [3.8, 4) is 0 Å². The minimum absolute atomic E-state index is 0.695. The molecule has 0 saturated carbocycles. The lowest BCUT2D eigenvalue weighted by atomic mass is 10.5. The standard InChI is InChI=1S/C5H13N4S/c1-4-5-9(2,3)10-8-7-6/h4-5H2,1-3H3/q+1. The van der Waals surface area contributed by atoms with E-state index in [0.29, 0.717) is 3.89 Å². The highest BCUT2D eigenvalue weighted by molar-refractivity contribution is 7.92. The van der Waals surface area contributed by atoms with E-state index in [0.717, 1.165) is 13.0 Å². The molecule has 0 fully saturated rings. The molecule has 0 aliphatic heterocycles. The van der Waals surface area contributed by atoms with Gasteiger partial charge in [0.25, 0.3) is 0 Å². The zero-order valence-electron chi connectivity index (χ0n) is 6.61. The van der Waals surface area contributed by atoms with Crippen LogP contribution in [-0.4, -0.2) is 24.5 Å².